The van der Waals surface area contributed by atoms with E-state index in [0.717, 1.165) is 6.42 Å². The molecule has 0 aliphatic carbocycles. The van der Waals surface area contributed by atoms with Crippen LogP contribution in [0.4, 0.5) is 0 Å². The highest BCUT2D eigenvalue weighted by Crippen LogP contribution is 2.13. The predicted octanol–water partition coefficient (Wildman–Crippen LogP) is 1.93. The van der Waals surface area contributed by atoms with Crippen LogP contribution in [0.5, 0.6) is 0 Å². The molecule has 1 atom stereocenters. The number of halogens is 1. The van der Waals surface area contributed by atoms with E-state index < -0.39 is 6.10 Å². The van der Waals surface area contributed by atoms with E-state index in [4.69, 9.17) is 4.42 Å². The summed E-state index contributed by atoms with van der Waals surface area (Å²) in [5.41, 5.74) is 0. The van der Waals surface area contributed by atoms with Gasteiger partial charge in [0.1, 0.15) is 0 Å². The average molecular weight is 276 g/mol. The van der Waals surface area contributed by atoms with E-state index >= 15 is 0 Å². The van der Waals surface area contributed by atoms with Crippen LogP contribution >= 0.6 is 15.9 Å². The van der Waals surface area contributed by atoms with Crippen molar-refractivity contribution in [1.82, 2.24) is 5.32 Å². The van der Waals surface area contributed by atoms with Gasteiger partial charge in [0.25, 0.3) is 5.91 Å². The zero-order chi connectivity index (χ0) is 11.3. The molecule has 0 fully saturated rings. The van der Waals surface area contributed by atoms with Gasteiger partial charge in [-0.05, 0) is 34.5 Å². The average Bonchev–Trinajstić information content (AvgIpc) is 2.62. The highest BCUT2D eigenvalue weighted by Gasteiger charge is 2.11. The Morgan fingerprint density at radius 3 is 2.93 bits per heavy atom. The minimum Gasteiger partial charge on any atom is -0.444 e. The van der Waals surface area contributed by atoms with Gasteiger partial charge < -0.3 is 14.8 Å². The molecule has 84 valence electrons. The summed E-state index contributed by atoms with van der Waals surface area (Å²) in [4.78, 5) is 11.4. The highest BCUT2D eigenvalue weighted by atomic mass is 79.9. The van der Waals surface area contributed by atoms with Crippen LogP contribution in [0.2, 0.25) is 0 Å². The maximum atomic E-state index is 11.4. The Morgan fingerprint density at radius 1 is 1.67 bits per heavy atom. The Labute approximate surface area is 96.8 Å². The Kier molecular flexibility index (Phi) is 4.84. The van der Waals surface area contributed by atoms with Gasteiger partial charge in [-0.1, -0.05) is 13.3 Å². The number of hydrogen-bond donors (Lipinski definition) is 2. The van der Waals surface area contributed by atoms with Crippen molar-refractivity contribution >= 4 is 21.8 Å². The fourth-order valence-electron chi connectivity index (χ4n) is 1.17. The number of aliphatic hydroxyl groups excluding tert-OH is 1. The zero-order valence-electron chi connectivity index (χ0n) is 8.50. The summed E-state index contributed by atoms with van der Waals surface area (Å²) in [5.74, 6) is -0.0681. The number of nitrogens with one attached hydrogen (secondary N) is 1. The number of furan rings is 1. The van der Waals surface area contributed by atoms with Gasteiger partial charge in [-0.15, -0.1) is 0 Å². The van der Waals surface area contributed by atoms with Gasteiger partial charge in [-0.2, -0.15) is 0 Å². The normalized spacial score (nSPS) is 12.5. The van der Waals surface area contributed by atoms with Crippen molar-refractivity contribution in [2.24, 2.45) is 0 Å². The molecular formula is C10H14BrNO3. The largest absolute Gasteiger partial charge is 0.444 e. The van der Waals surface area contributed by atoms with Gasteiger partial charge in [-0.3, -0.25) is 4.79 Å². The molecule has 0 saturated carbocycles. The van der Waals surface area contributed by atoms with E-state index in [9.17, 15) is 9.90 Å². The second-order valence-corrected chi connectivity index (χ2v) is 4.04. The minimum atomic E-state index is -0.489. The van der Waals surface area contributed by atoms with Crippen LogP contribution in [0.25, 0.3) is 0 Å². The summed E-state index contributed by atoms with van der Waals surface area (Å²) < 4.78 is 5.58. The molecule has 1 unspecified atom stereocenters. The fourth-order valence-corrected chi connectivity index (χ4v) is 1.48. The van der Waals surface area contributed by atoms with Crippen molar-refractivity contribution in [3.8, 4) is 0 Å². The monoisotopic (exact) mass is 275 g/mol. The summed E-state index contributed by atoms with van der Waals surface area (Å²) >= 11 is 3.11. The van der Waals surface area contributed by atoms with Crippen LogP contribution < -0.4 is 5.32 Å². The van der Waals surface area contributed by atoms with Crippen molar-refractivity contribution in [1.29, 1.82) is 0 Å². The van der Waals surface area contributed by atoms with Crippen LogP contribution in [-0.2, 0) is 0 Å². The number of hydrogen-bond acceptors (Lipinski definition) is 3. The summed E-state index contributed by atoms with van der Waals surface area (Å²) in [6.07, 6.45) is 1.09. The lowest BCUT2D eigenvalue weighted by Crippen LogP contribution is -2.31. The topological polar surface area (TPSA) is 62.5 Å². The molecule has 1 amide bonds. The molecule has 0 spiro atoms. The van der Waals surface area contributed by atoms with Crippen molar-refractivity contribution in [3.05, 3.63) is 22.6 Å². The van der Waals surface area contributed by atoms with Gasteiger partial charge in [0.05, 0.1) is 6.10 Å². The Balaban J connectivity index is 2.36. The molecular weight excluding hydrogens is 262 g/mol. The van der Waals surface area contributed by atoms with Gasteiger partial charge in [0, 0.05) is 6.54 Å². The summed E-state index contributed by atoms with van der Waals surface area (Å²) in [6.45, 7) is 2.24. The van der Waals surface area contributed by atoms with E-state index in [-0.39, 0.29) is 18.2 Å². The lowest BCUT2D eigenvalue weighted by Gasteiger charge is -2.09. The molecule has 0 aliphatic heterocycles. The zero-order valence-corrected chi connectivity index (χ0v) is 10.1. The maximum Gasteiger partial charge on any atom is 0.287 e. The van der Waals surface area contributed by atoms with Crippen LogP contribution in [0.1, 0.15) is 30.3 Å². The molecule has 1 aromatic heterocycles. The first-order valence-electron chi connectivity index (χ1n) is 4.85. The summed E-state index contributed by atoms with van der Waals surface area (Å²) in [6, 6.07) is 3.23. The quantitative estimate of drug-likeness (QED) is 0.863. The highest BCUT2D eigenvalue weighted by molar-refractivity contribution is 9.10. The Hall–Kier alpha value is -0.810. The first-order valence-corrected chi connectivity index (χ1v) is 5.64. The van der Waals surface area contributed by atoms with E-state index in [0.29, 0.717) is 11.1 Å². The SMILES string of the molecule is CCCC(O)CNC(=O)c1ccc(Br)o1. The van der Waals surface area contributed by atoms with Crippen molar-refractivity contribution in [3.63, 3.8) is 0 Å². The number of carbonyl (C=O) groups is 1. The third-order valence-electron chi connectivity index (χ3n) is 1.92. The second-order valence-electron chi connectivity index (χ2n) is 3.26. The molecule has 0 saturated heterocycles. The van der Waals surface area contributed by atoms with Gasteiger partial charge >= 0.3 is 0 Å². The van der Waals surface area contributed by atoms with Crippen molar-refractivity contribution in [2.75, 3.05) is 6.54 Å². The smallest absolute Gasteiger partial charge is 0.287 e. The molecule has 1 aromatic rings. The molecule has 15 heavy (non-hydrogen) atoms. The summed E-state index contributed by atoms with van der Waals surface area (Å²) in [5, 5.41) is 12.0. The molecule has 5 heteroatoms. The van der Waals surface area contributed by atoms with Crippen molar-refractivity contribution in [2.45, 2.75) is 25.9 Å². The first-order chi connectivity index (χ1) is 7.13. The van der Waals surface area contributed by atoms with E-state index in [2.05, 4.69) is 21.2 Å². The van der Waals surface area contributed by atoms with Crippen LogP contribution in [0.3, 0.4) is 0 Å². The fraction of sp³-hybridized carbons (Fsp3) is 0.500. The number of carbonyl (C=O) groups excluding carboxylic acids is 1. The van der Waals surface area contributed by atoms with Crippen LogP contribution in [-0.4, -0.2) is 23.7 Å². The van der Waals surface area contributed by atoms with Crippen molar-refractivity contribution < 1.29 is 14.3 Å². The molecule has 1 rings (SSSR count). The lowest BCUT2D eigenvalue weighted by atomic mass is 10.2. The molecule has 0 bridgehead atoms. The third-order valence-corrected chi connectivity index (χ3v) is 2.34. The maximum absolute atomic E-state index is 11.4. The second kappa shape index (κ2) is 5.92. The molecule has 2 N–H and O–H groups in total. The first kappa shape index (κ1) is 12.3. The lowest BCUT2D eigenvalue weighted by molar-refractivity contribution is 0.0882. The van der Waals surface area contributed by atoms with E-state index in [1.807, 2.05) is 6.92 Å². The van der Waals surface area contributed by atoms with Crippen LogP contribution in [0.15, 0.2) is 21.2 Å². The molecule has 0 radical (unpaired) electrons. The van der Waals surface area contributed by atoms with E-state index in [1.54, 1.807) is 12.1 Å². The van der Waals surface area contributed by atoms with Gasteiger partial charge in [0.2, 0.25) is 0 Å². The molecule has 1 heterocycles. The van der Waals surface area contributed by atoms with Crippen LogP contribution in [0, 0.1) is 0 Å². The standard InChI is InChI=1S/C10H14BrNO3/c1-2-3-7(13)6-12-10(14)8-4-5-9(11)15-8/h4-5,7,13H,2-3,6H2,1H3,(H,12,14). The molecule has 0 aliphatic rings. The third kappa shape index (κ3) is 4.05. The minimum absolute atomic E-state index is 0.241. The molecule has 4 nitrogen and oxygen atoms in total. The number of aliphatic hydroxyl groups is 1. The van der Waals surface area contributed by atoms with Gasteiger partial charge in [0.15, 0.2) is 10.4 Å². The predicted molar refractivity (Wildman–Crippen MR) is 59.7 cm³/mol. The van der Waals surface area contributed by atoms with Gasteiger partial charge in [-0.25, -0.2) is 0 Å². The van der Waals surface area contributed by atoms with E-state index in [1.165, 1.54) is 0 Å². The molecule has 0 aromatic carbocycles. The Morgan fingerprint density at radius 2 is 2.40 bits per heavy atom. The number of amides is 1. The summed E-state index contributed by atoms with van der Waals surface area (Å²) in [7, 11) is 0. The number of rotatable bonds is 5. The Bertz CT molecular complexity index is 324.